The van der Waals surface area contributed by atoms with Crippen molar-refractivity contribution in [3.05, 3.63) is 0 Å². The fraction of sp³-hybridized carbons (Fsp3) is 0.929. The fourth-order valence-corrected chi connectivity index (χ4v) is 3.35. The molecule has 2 aliphatic heterocycles. The molecule has 2 aliphatic rings. The van der Waals surface area contributed by atoms with E-state index in [9.17, 15) is 4.79 Å². The number of carbonyl (C=O) groups excluding carboxylic acids is 1. The summed E-state index contributed by atoms with van der Waals surface area (Å²) in [6.45, 7) is 3.50. The van der Waals surface area contributed by atoms with E-state index in [1.165, 1.54) is 51.5 Å². The lowest BCUT2D eigenvalue weighted by atomic mass is 9.83. The molecule has 0 saturated carbocycles. The highest BCUT2D eigenvalue weighted by Crippen LogP contribution is 2.32. The van der Waals surface area contributed by atoms with Crippen LogP contribution >= 0.6 is 0 Å². The summed E-state index contributed by atoms with van der Waals surface area (Å²) in [5, 5.41) is 0. The maximum atomic E-state index is 11.6. The molecule has 2 fully saturated rings. The molecule has 16 heavy (non-hydrogen) atoms. The number of fused-ring (bicyclic) bond motifs is 2. The van der Waals surface area contributed by atoms with E-state index in [0.29, 0.717) is 17.9 Å². The minimum absolute atomic E-state index is 0.513. The zero-order valence-electron chi connectivity index (χ0n) is 10.6. The average Bonchev–Trinajstić information content (AvgIpc) is 2.25. The van der Waals surface area contributed by atoms with Crippen molar-refractivity contribution < 1.29 is 4.79 Å². The Morgan fingerprint density at radius 1 is 1.12 bits per heavy atom. The van der Waals surface area contributed by atoms with Gasteiger partial charge in [-0.15, -0.1) is 0 Å². The summed E-state index contributed by atoms with van der Waals surface area (Å²) in [7, 11) is 0. The number of carbonyl (C=O) groups is 1. The lowest BCUT2D eigenvalue weighted by Crippen LogP contribution is -2.52. The monoisotopic (exact) mass is 223 g/mol. The number of piperidine rings is 2. The van der Waals surface area contributed by atoms with Gasteiger partial charge in [-0.25, -0.2) is 0 Å². The number of unbranched alkanes of at least 4 members (excludes halogenated alkanes) is 3. The van der Waals surface area contributed by atoms with Crippen LogP contribution in [0.1, 0.15) is 64.7 Å². The third kappa shape index (κ3) is 2.85. The minimum Gasteiger partial charge on any atom is -0.300 e. The molecular weight excluding hydrogens is 198 g/mol. The Bertz CT molecular complexity index is 223. The molecule has 0 N–H and O–H groups in total. The second kappa shape index (κ2) is 5.81. The Morgan fingerprint density at radius 3 is 2.44 bits per heavy atom. The number of ketones is 1. The molecule has 0 aromatic heterocycles. The van der Waals surface area contributed by atoms with Gasteiger partial charge in [-0.3, -0.25) is 9.69 Å². The maximum absolute atomic E-state index is 11.6. The molecule has 0 aromatic rings. The predicted molar refractivity (Wildman–Crippen MR) is 66.5 cm³/mol. The van der Waals surface area contributed by atoms with Gasteiger partial charge in [-0.2, -0.15) is 0 Å². The Morgan fingerprint density at radius 2 is 1.81 bits per heavy atom. The predicted octanol–water partition coefficient (Wildman–Crippen LogP) is 3.15. The summed E-state index contributed by atoms with van der Waals surface area (Å²) in [6, 6.07) is 1.20. The highest BCUT2D eigenvalue weighted by Gasteiger charge is 2.36. The molecule has 0 aliphatic carbocycles. The van der Waals surface area contributed by atoms with Gasteiger partial charge in [0.25, 0.3) is 0 Å². The zero-order valence-corrected chi connectivity index (χ0v) is 10.6. The number of nitrogens with zero attached hydrogens (tertiary/aromatic N) is 1. The SMILES string of the molecule is CCCCCCN1C2CCCC1CC(=O)C2. The molecule has 92 valence electrons. The van der Waals surface area contributed by atoms with Crippen LogP contribution in [0.4, 0.5) is 0 Å². The van der Waals surface area contributed by atoms with E-state index in [-0.39, 0.29) is 0 Å². The van der Waals surface area contributed by atoms with Gasteiger partial charge in [-0.1, -0.05) is 32.6 Å². The summed E-state index contributed by atoms with van der Waals surface area (Å²) in [5.74, 6) is 0.513. The van der Waals surface area contributed by atoms with E-state index in [1.54, 1.807) is 0 Å². The molecule has 2 heterocycles. The molecule has 2 bridgehead atoms. The van der Waals surface area contributed by atoms with Crippen LogP contribution in [0.2, 0.25) is 0 Å². The van der Waals surface area contributed by atoms with Crippen LogP contribution in [0, 0.1) is 0 Å². The second-order valence-electron chi connectivity index (χ2n) is 5.48. The van der Waals surface area contributed by atoms with Gasteiger partial charge in [-0.05, 0) is 25.8 Å². The van der Waals surface area contributed by atoms with Crippen molar-refractivity contribution in [2.75, 3.05) is 6.54 Å². The van der Waals surface area contributed by atoms with E-state index in [4.69, 9.17) is 0 Å². The van der Waals surface area contributed by atoms with Gasteiger partial charge in [0.05, 0.1) is 0 Å². The first-order valence-electron chi connectivity index (χ1n) is 7.08. The molecular formula is C14H25NO. The highest BCUT2D eigenvalue weighted by atomic mass is 16.1. The van der Waals surface area contributed by atoms with Gasteiger partial charge < -0.3 is 0 Å². The first-order chi connectivity index (χ1) is 7.81. The molecule has 2 heteroatoms. The summed E-state index contributed by atoms with van der Waals surface area (Å²) in [5.41, 5.74) is 0. The number of rotatable bonds is 5. The summed E-state index contributed by atoms with van der Waals surface area (Å²) >= 11 is 0. The van der Waals surface area contributed by atoms with Crippen molar-refractivity contribution >= 4 is 5.78 Å². The van der Waals surface area contributed by atoms with Crippen molar-refractivity contribution in [3.63, 3.8) is 0 Å². The molecule has 0 spiro atoms. The number of Topliss-reactive ketones (excluding diaryl/α,β-unsaturated/α-hetero) is 1. The van der Waals surface area contributed by atoms with E-state index >= 15 is 0 Å². The van der Waals surface area contributed by atoms with Crippen LogP contribution in [0.5, 0.6) is 0 Å². The molecule has 2 nitrogen and oxygen atoms in total. The van der Waals surface area contributed by atoms with Crippen molar-refractivity contribution in [3.8, 4) is 0 Å². The van der Waals surface area contributed by atoms with E-state index in [1.807, 2.05) is 0 Å². The smallest absolute Gasteiger partial charge is 0.136 e. The Kier molecular flexibility index (Phi) is 4.39. The standard InChI is InChI=1S/C14H25NO/c1-2-3-4-5-9-15-12-7-6-8-13(15)11-14(16)10-12/h12-13H,2-11H2,1H3. The lowest BCUT2D eigenvalue weighted by molar-refractivity contribution is -0.127. The van der Waals surface area contributed by atoms with Gasteiger partial charge in [0.1, 0.15) is 5.78 Å². The summed E-state index contributed by atoms with van der Waals surface area (Å²) in [4.78, 5) is 14.2. The average molecular weight is 223 g/mol. The van der Waals surface area contributed by atoms with E-state index < -0.39 is 0 Å². The zero-order chi connectivity index (χ0) is 11.4. The lowest BCUT2D eigenvalue weighted by Gasteiger charge is -2.45. The van der Waals surface area contributed by atoms with Crippen molar-refractivity contribution in [1.82, 2.24) is 4.90 Å². The minimum atomic E-state index is 0.513. The van der Waals surface area contributed by atoms with Gasteiger partial charge in [0, 0.05) is 24.9 Å². The largest absolute Gasteiger partial charge is 0.300 e. The van der Waals surface area contributed by atoms with Crippen LogP contribution in [-0.2, 0) is 4.79 Å². The Balaban J connectivity index is 1.81. The van der Waals surface area contributed by atoms with E-state index in [2.05, 4.69) is 11.8 Å². The Labute approximate surface area is 99.4 Å². The van der Waals surface area contributed by atoms with Crippen molar-refractivity contribution in [2.45, 2.75) is 76.8 Å². The van der Waals surface area contributed by atoms with Gasteiger partial charge in [0.2, 0.25) is 0 Å². The molecule has 2 rings (SSSR count). The Hall–Kier alpha value is -0.370. The molecule has 2 atom stereocenters. The first-order valence-corrected chi connectivity index (χ1v) is 7.08. The topological polar surface area (TPSA) is 20.3 Å². The molecule has 0 aromatic carbocycles. The number of hydrogen-bond acceptors (Lipinski definition) is 2. The van der Waals surface area contributed by atoms with E-state index in [0.717, 1.165) is 12.8 Å². The van der Waals surface area contributed by atoms with Gasteiger partial charge in [0.15, 0.2) is 0 Å². The second-order valence-corrected chi connectivity index (χ2v) is 5.48. The molecule has 0 amide bonds. The molecule has 2 saturated heterocycles. The molecule has 2 unspecified atom stereocenters. The van der Waals surface area contributed by atoms with Crippen LogP contribution in [0.15, 0.2) is 0 Å². The third-order valence-electron chi connectivity index (χ3n) is 4.21. The van der Waals surface area contributed by atoms with Gasteiger partial charge >= 0.3 is 0 Å². The van der Waals surface area contributed by atoms with Crippen LogP contribution in [-0.4, -0.2) is 29.3 Å². The quantitative estimate of drug-likeness (QED) is 0.667. The third-order valence-corrected chi connectivity index (χ3v) is 4.21. The van der Waals surface area contributed by atoms with Crippen molar-refractivity contribution in [2.24, 2.45) is 0 Å². The van der Waals surface area contributed by atoms with Crippen LogP contribution < -0.4 is 0 Å². The fourth-order valence-electron chi connectivity index (χ4n) is 3.35. The molecule has 0 radical (unpaired) electrons. The maximum Gasteiger partial charge on any atom is 0.136 e. The van der Waals surface area contributed by atoms with Crippen molar-refractivity contribution in [1.29, 1.82) is 0 Å². The number of hydrogen-bond donors (Lipinski definition) is 0. The normalized spacial score (nSPS) is 30.7. The van der Waals surface area contributed by atoms with Crippen LogP contribution in [0.3, 0.4) is 0 Å². The highest BCUT2D eigenvalue weighted by molar-refractivity contribution is 5.80. The van der Waals surface area contributed by atoms with Crippen LogP contribution in [0.25, 0.3) is 0 Å². The summed E-state index contributed by atoms with van der Waals surface area (Å²) < 4.78 is 0. The first kappa shape index (κ1) is 12.1. The summed E-state index contributed by atoms with van der Waals surface area (Å²) in [6.07, 6.45) is 10.9.